The van der Waals surface area contributed by atoms with Gasteiger partial charge in [0.1, 0.15) is 11.6 Å². The molecule has 27 heavy (non-hydrogen) atoms. The van der Waals surface area contributed by atoms with Crippen LogP contribution in [0, 0.1) is 0 Å². The molecule has 0 spiro atoms. The van der Waals surface area contributed by atoms with E-state index in [2.05, 4.69) is 9.97 Å². The van der Waals surface area contributed by atoms with E-state index in [1.807, 2.05) is 24.3 Å². The van der Waals surface area contributed by atoms with Gasteiger partial charge in [0.25, 0.3) is 0 Å². The molecule has 3 rings (SSSR count). The molecule has 1 unspecified atom stereocenters. The van der Waals surface area contributed by atoms with Crippen LogP contribution >= 0.6 is 0 Å². The van der Waals surface area contributed by atoms with E-state index in [0.717, 1.165) is 5.52 Å². The third kappa shape index (κ3) is 5.19. The zero-order valence-electron chi connectivity index (χ0n) is 14.2. The fraction of sp³-hybridized carbons (Fsp3) is 0.167. The van der Waals surface area contributed by atoms with Gasteiger partial charge in [0.15, 0.2) is 0 Å². The molecule has 9 nitrogen and oxygen atoms in total. The largest absolute Gasteiger partial charge is 0.480 e. The third-order valence-electron chi connectivity index (χ3n) is 3.62. The van der Waals surface area contributed by atoms with E-state index in [-0.39, 0.29) is 18.4 Å². The summed E-state index contributed by atoms with van der Waals surface area (Å²) >= 11 is 0. The molecule has 0 bridgehead atoms. The highest BCUT2D eigenvalue weighted by atomic mass is 16.4. The van der Waals surface area contributed by atoms with Crippen molar-refractivity contribution in [3.05, 3.63) is 48.0 Å². The first-order valence-electron chi connectivity index (χ1n) is 7.95. The number of nitrogens with zero attached hydrogens (tertiary/aromatic N) is 2. The first-order chi connectivity index (χ1) is 12.8. The topological polar surface area (TPSA) is 169 Å². The fourth-order valence-electron chi connectivity index (χ4n) is 2.24. The van der Waals surface area contributed by atoms with Crippen molar-refractivity contribution in [1.82, 2.24) is 9.97 Å². The van der Waals surface area contributed by atoms with Gasteiger partial charge in [-0.2, -0.15) is 0 Å². The number of nitrogens with two attached hydrogens (primary N) is 2. The molecule has 9 heteroatoms. The van der Waals surface area contributed by atoms with Crippen LogP contribution in [0.25, 0.3) is 22.1 Å². The van der Waals surface area contributed by atoms with Gasteiger partial charge in [0, 0.05) is 6.42 Å². The molecule has 6 N–H and O–H groups in total. The number of amides is 1. The van der Waals surface area contributed by atoms with Crippen molar-refractivity contribution in [2.75, 3.05) is 0 Å². The van der Waals surface area contributed by atoms with Gasteiger partial charge in [0.05, 0.1) is 22.1 Å². The Hall–Kier alpha value is -3.59. The van der Waals surface area contributed by atoms with E-state index in [0.29, 0.717) is 16.6 Å². The van der Waals surface area contributed by atoms with Gasteiger partial charge in [-0.15, -0.1) is 0 Å². The van der Waals surface area contributed by atoms with Crippen molar-refractivity contribution in [3.8, 4) is 0 Å². The number of hydrogen-bond donors (Lipinski definition) is 4. The molecule has 0 aliphatic carbocycles. The SMILES string of the molecule is NC(=O)CCC(N)C(=O)O.O=C(O)c1cccc2nc3ccccc3nc12. The summed E-state index contributed by atoms with van der Waals surface area (Å²) in [6.45, 7) is 0. The smallest absolute Gasteiger partial charge is 0.337 e. The lowest BCUT2D eigenvalue weighted by atomic mass is 10.1. The molecule has 2 aromatic carbocycles. The number of primary amides is 1. The van der Waals surface area contributed by atoms with E-state index in [9.17, 15) is 14.4 Å². The number of hydrogen-bond acceptors (Lipinski definition) is 6. The highest BCUT2D eigenvalue weighted by Crippen LogP contribution is 2.19. The van der Waals surface area contributed by atoms with Gasteiger partial charge in [-0.1, -0.05) is 18.2 Å². The molecular weight excluding hydrogens is 352 g/mol. The molecule has 0 saturated heterocycles. The van der Waals surface area contributed by atoms with E-state index in [4.69, 9.17) is 21.7 Å². The van der Waals surface area contributed by atoms with Crippen LogP contribution in [0.15, 0.2) is 42.5 Å². The number of rotatable bonds is 5. The second-order valence-corrected chi connectivity index (χ2v) is 5.64. The number of carboxylic acids is 2. The quantitative estimate of drug-likeness (QED) is 0.484. The minimum atomic E-state index is -1.11. The Morgan fingerprint density at radius 3 is 2.07 bits per heavy atom. The second-order valence-electron chi connectivity index (χ2n) is 5.64. The van der Waals surface area contributed by atoms with Crippen LogP contribution in [0.3, 0.4) is 0 Å². The summed E-state index contributed by atoms with van der Waals surface area (Å²) in [4.78, 5) is 40.0. The molecule has 0 aliphatic rings. The van der Waals surface area contributed by atoms with E-state index >= 15 is 0 Å². The average molecular weight is 370 g/mol. The van der Waals surface area contributed by atoms with Crippen molar-refractivity contribution < 1.29 is 24.6 Å². The number of benzene rings is 2. The number of aromatic carboxylic acids is 1. The number of carbonyl (C=O) groups is 3. The number of aromatic nitrogens is 2. The standard InChI is InChI=1S/C13H8N2O2.C5H10N2O3/c16-13(17)8-4-3-7-11-12(8)15-10-6-2-1-5-9(10)14-11;6-3(5(9)10)1-2-4(7)8/h1-7H,(H,16,17);3H,1-2,6H2,(H2,7,8)(H,9,10). The van der Waals surface area contributed by atoms with Crippen molar-refractivity contribution >= 4 is 39.9 Å². The maximum absolute atomic E-state index is 11.1. The molecule has 1 aromatic heterocycles. The zero-order valence-corrected chi connectivity index (χ0v) is 14.2. The van der Waals surface area contributed by atoms with Crippen LogP contribution in [0.5, 0.6) is 0 Å². The van der Waals surface area contributed by atoms with Crippen LogP contribution < -0.4 is 11.5 Å². The number of carbonyl (C=O) groups excluding carboxylic acids is 1. The van der Waals surface area contributed by atoms with Crippen LogP contribution in [0.1, 0.15) is 23.2 Å². The Labute approximate surface area is 153 Å². The van der Waals surface area contributed by atoms with Crippen LogP contribution in [-0.4, -0.2) is 44.1 Å². The van der Waals surface area contributed by atoms with E-state index in [1.54, 1.807) is 12.1 Å². The van der Waals surface area contributed by atoms with Crippen LogP contribution in [0.2, 0.25) is 0 Å². The Bertz CT molecular complexity index is 1010. The van der Waals surface area contributed by atoms with E-state index < -0.39 is 23.9 Å². The number of fused-ring (bicyclic) bond motifs is 2. The summed E-state index contributed by atoms with van der Waals surface area (Å²) < 4.78 is 0. The number of para-hydroxylation sites is 3. The molecule has 0 aliphatic heterocycles. The minimum Gasteiger partial charge on any atom is -0.480 e. The number of aliphatic carboxylic acids is 1. The summed E-state index contributed by atoms with van der Waals surface area (Å²) in [6.07, 6.45) is 0.123. The average Bonchev–Trinajstić information content (AvgIpc) is 2.64. The van der Waals surface area contributed by atoms with Gasteiger partial charge in [-0.05, 0) is 30.7 Å². The number of carboxylic acid groups (broad SMARTS) is 2. The highest BCUT2D eigenvalue weighted by molar-refractivity contribution is 6.02. The van der Waals surface area contributed by atoms with Crippen molar-refractivity contribution in [3.63, 3.8) is 0 Å². The highest BCUT2D eigenvalue weighted by Gasteiger charge is 2.12. The van der Waals surface area contributed by atoms with Gasteiger partial charge in [-0.3, -0.25) is 9.59 Å². The maximum Gasteiger partial charge on any atom is 0.337 e. The summed E-state index contributed by atoms with van der Waals surface area (Å²) in [5, 5.41) is 17.3. The first-order valence-corrected chi connectivity index (χ1v) is 7.95. The molecule has 0 radical (unpaired) electrons. The predicted octanol–water partition coefficient (Wildman–Crippen LogP) is 1.15. The molecule has 3 aromatic rings. The lowest BCUT2D eigenvalue weighted by Gasteiger charge is -2.03. The third-order valence-corrected chi connectivity index (χ3v) is 3.62. The molecule has 1 heterocycles. The van der Waals surface area contributed by atoms with Gasteiger partial charge >= 0.3 is 11.9 Å². The monoisotopic (exact) mass is 370 g/mol. The molecule has 1 atom stereocenters. The summed E-state index contributed by atoms with van der Waals surface area (Å²) in [5.74, 6) is -2.63. The Morgan fingerprint density at radius 2 is 1.52 bits per heavy atom. The minimum absolute atomic E-state index is 0.0213. The van der Waals surface area contributed by atoms with Crippen molar-refractivity contribution in [2.24, 2.45) is 11.5 Å². The predicted molar refractivity (Wildman–Crippen MR) is 98.0 cm³/mol. The van der Waals surface area contributed by atoms with Crippen LogP contribution in [0.4, 0.5) is 0 Å². The molecular formula is C18H18N4O5. The summed E-state index contributed by atoms with van der Waals surface area (Å²) in [6, 6.07) is 11.4. The molecule has 140 valence electrons. The van der Waals surface area contributed by atoms with Crippen LogP contribution in [-0.2, 0) is 9.59 Å². The van der Waals surface area contributed by atoms with Gasteiger partial charge in [-0.25, -0.2) is 14.8 Å². The van der Waals surface area contributed by atoms with Gasteiger partial charge in [0.2, 0.25) is 5.91 Å². The molecule has 0 saturated carbocycles. The second kappa shape index (κ2) is 8.68. The Kier molecular flexibility index (Phi) is 6.34. The lowest BCUT2D eigenvalue weighted by molar-refractivity contribution is -0.138. The molecule has 0 fully saturated rings. The zero-order chi connectivity index (χ0) is 20.0. The first kappa shape index (κ1) is 19.7. The summed E-state index contributed by atoms with van der Waals surface area (Å²) in [7, 11) is 0. The normalized spacial score (nSPS) is 11.4. The summed E-state index contributed by atoms with van der Waals surface area (Å²) in [5.41, 5.74) is 12.5. The van der Waals surface area contributed by atoms with Gasteiger partial charge < -0.3 is 21.7 Å². The maximum atomic E-state index is 11.1. The fourth-order valence-corrected chi connectivity index (χ4v) is 2.24. The van der Waals surface area contributed by atoms with Crippen molar-refractivity contribution in [1.29, 1.82) is 0 Å². The Morgan fingerprint density at radius 1 is 0.926 bits per heavy atom. The molecule has 1 amide bonds. The van der Waals surface area contributed by atoms with E-state index in [1.165, 1.54) is 6.07 Å². The Balaban J connectivity index is 0.000000227. The lowest BCUT2D eigenvalue weighted by Crippen LogP contribution is -2.31. The van der Waals surface area contributed by atoms with Crippen molar-refractivity contribution in [2.45, 2.75) is 18.9 Å².